The fourth-order valence-corrected chi connectivity index (χ4v) is 2.52. The topological polar surface area (TPSA) is 21.3 Å². The highest BCUT2D eigenvalue weighted by atomic mass is 19.4. The Bertz CT molecular complexity index is 465. The number of piperidine rings is 1. The van der Waals surface area contributed by atoms with E-state index in [1.165, 1.54) is 6.07 Å². The first kappa shape index (κ1) is 16.1. The van der Waals surface area contributed by atoms with Gasteiger partial charge in [-0.2, -0.15) is 13.2 Å². The van der Waals surface area contributed by atoms with Crippen LogP contribution in [0.3, 0.4) is 0 Å². The van der Waals surface area contributed by atoms with Crippen molar-refractivity contribution in [2.24, 2.45) is 5.92 Å². The average Bonchev–Trinajstić information content (AvgIpc) is 2.45. The lowest BCUT2D eigenvalue weighted by Gasteiger charge is -2.24. The average molecular weight is 301 g/mol. The van der Waals surface area contributed by atoms with Gasteiger partial charge in [0.1, 0.15) is 5.75 Å². The van der Waals surface area contributed by atoms with Gasteiger partial charge in [0.05, 0.1) is 12.2 Å². The van der Waals surface area contributed by atoms with E-state index in [4.69, 9.17) is 4.74 Å². The summed E-state index contributed by atoms with van der Waals surface area (Å²) < 4.78 is 44.7. The molecule has 0 bridgehead atoms. The zero-order valence-electron chi connectivity index (χ0n) is 12.5. The van der Waals surface area contributed by atoms with Gasteiger partial charge in [0, 0.05) is 0 Å². The van der Waals surface area contributed by atoms with Crippen molar-refractivity contribution >= 4 is 0 Å². The van der Waals surface area contributed by atoms with E-state index in [2.05, 4.69) is 5.32 Å². The zero-order valence-corrected chi connectivity index (χ0v) is 12.5. The Kier molecular flexibility index (Phi) is 5.14. The van der Waals surface area contributed by atoms with Crippen LogP contribution in [0.25, 0.3) is 0 Å². The molecule has 0 spiro atoms. The molecule has 0 saturated carbocycles. The van der Waals surface area contributed by atoms with Gasteiger partial charge in [-0.3, -0.25) is 0 Å². The fourth-order valence-electron chi connectivity index (χ4n) is 2.52. The summed E-state index contributed by atoms with van der Waals surface area (Å²) in [6, 6.07) is 4.15. The van der Waals surface area contributed by atoms with Crippen LogP contribution in [0.15, 0.2) is 18.2 Å². The highest BCUT2D eigenvalue weighted by Gasteiger charge is 2.32. The van der Waals surface area contributed by atoms with Gasteiger partial charge in [-0.05, 0) is 61.5 Å². The summed E-state index contributed by atoms with van der Waals surface area (Å²) in [6.45, 7) is 6.07. The van der Waals surface area contributed by atoms with E-state index in [1.54, 1.807) is 6.07 Å². The number of halogens is 3. The smallest absolute Gasteiger partial charge is 0.416 e. The molecule has 1 N–H and O–H groups in total. The molecule has 0 aromatic heterocycles. The van der Waals surface area contributed by atoms with E-state index in [9.17, 15) is 13.2 Å². The summed E-state index contributed by atoms with van der Waals surface area (Å²) in [6.07, 6.45) is -2.60. The molecule has 21 heavy (non-hydrogen) atoms. The minimum absolute atomic E-state index is 0.176. The van der Waals surface area contributed by atoms with Gasteiger partial charge in [0.25, 0.3) is 0 Å². The second-order valence-electron chi connectivity index (χ2n) is 6.02. The molecular weight excluding hydrogens is 279 g/mol. The van der Waals surface area contributed by atoms with Crippen molar-refractivity contribution in [1.82, 2.24) is 5.32 Å². The van der Waals surface area contributed by atoms with Gasteiger partial charge in [0.2, 0.25) is 0 Å². The molecule has 1 fully saturated rings. The predicted molar refractivity (Wildman–Crippen MR) is 76.6 cm³/mol. The Balaban J connectivity index is 2.27. The molecule has 118 valence electrons. The summed E-state index contributed by atoms with van der Waals surface area (Å²) in [7, 11) is 0. The maximum Gasteiger partial charge on any atom is 0.416 e. The van der Waals surface area contributed by atoms with Crippen molar-refractivity contribution < 1.29 is 17.9 Å². The number of ether oxygens (including phenoxy) is 1. The van der Waals surface area contributed by atoms with Crippen LogP contribution in [-0.4, -0.2) is 19.7 Å². The Morgan fingerprint density at radius 2 is 1.86 bits per heavy atom. The fraction of sp³-hybridized carbons (Fsp3) is 0.625. The molecular formula is C16H22F3NO. The Labute approximate surface area is 123 Å². The Morgan fingerprint density at radius 3 is 2.43 bits per heavy atom. The molecule has 2 rings (SSSR count). The quantitative estimate of drug-likeness (QED) is 0.899. The zero-order chi connectivity index (χ0) is 15.5. The number of hydrogen-bond acceptors (Lipinski definition) is 2. The number of hydrogen-bond donors (Lipinski definition) is 1. The molecule has 0 atom stereocenters. The first-order valence-electron chi connectivity index (χ1n) is 7.42. The lowest BCUT2D eigenvalue weighted by atomic mass is 9.89. The Morgan fingerprint density at radius 1 is 1.19 bits per heavy atom. The SMILES string of the molecule is CC(C)COc1cc(C2CCNCC2)cc(C(F)(F)F)c1. The first-order chi connectivity index (χ1) is 9.86. The standard InChI is InChI=1S/C16H22F3NO/c1-11(2)10-21-15-8-13(12-3-5-20-6-4-12)7-14(9-15)16(17,18)19/h7-9,11-12,20H,3-6,10H2,1-2H3. The van der Waals surface area contributed by atoms with Gasteiger partial charge in [-0.15, -0.1) is 0 Å². The van der Waals surface area contributed by atoms with Crippen molar-refractivity contribution in [2.75, 3.05) is 19.7 Å². The third kappa shape index (κ3) is 4.63. The van der Waals surface area contributed by atoms with E-state index in [-0.39, 0.29) is 11.8 Å². The van der Waals surface area contributed by atoms with Crippen LogP contribution < -0.4 is 10.1 Å². The molecule has 1 aliphatic rings. The van der Waals surface area contributed by atoms with Crippen LogP contribution in [0, 0.1) is 5.92 Å². The molecule has 1 heterocycles. The van der Waals surface area contributed by atoms with Crippen molar-refractivity contribution in [3.63, 3.8) is 0 Å². The van der Waals surface area contributed by atoms with Gasteiger partial charge >= 0.3 is 6.18 Å². The third-order valence-electron chi connectivity index (χ3n) is 3.65. The van der Waals surface area contributed by atoms with Crippen molar-refractivity contribution in [3.05, 3.63) is 29.3 Å². The number of rotatable bonds is 4. The summed E-state index contributed by atoms with van der Waals surface area (Å²) >= 11 is 0. The highest BCUT2D eigenvalue weighted by Crippen LogP contribution is 2.36. The first-order valence-corrected chi connectivity index (χ1v) is 7.42. The van der Waals surface area contributed by atoms with Crippen LogP contribution in [0.4, 0.5) is 13.2 Å². The Hall–Kier alpha value is -1.23. The maximum atomic E-state index is 13.0. The minimum atomic E-state index is -4.33. The molecule has 1 aromatic rings. The van der Waals surface area contributed by atoms with Crippen LogP contribution in [-0.2, 0) is 6.18 Å². The van der Waals surface area contributed by atoms with E-state index in [0.717, 1.165) is 37.6 Å². The van der Waals surface area contributed by atoms with Crippen LogP contribution in [0.5, 0.6) is 5.75 Å². The summed E-state index contributed by atoms with van der Waals surface area (Å²) in [5.41, 5.74) is 0.127. The van der Waals surface area contributed by atoms with Crippen molar-refractivity contribution in [1.29, 1.82) is 0 Å². The van der Waals surface area contributed by atoms with Crippen LogP contribution in [0.1, 0.15) is 43.7 Å². The molecule has 2 nitrogen and oxygen atoms in total. The number of benzene rings is 1. The molecule has 0 amide bonds. The van der Waals surface area contributed by atoms with Gasteiger partial charge in [-0.25, -0.2) is 0 Å². The number of alkyl halides is 3. The van der Waals surface area contributed by atoms with Gasteiger partial charge < -0.3 is 10.1 Å². The van der Waals surface area contributed by atoms with E-state index in [0.29, 0.717) is 12.4 Å². The monoisotopic (exact) mass is 301 g/mol. The maximum absolute atomic E-state index is 13.0. The second-order valence-corrected chi connectivity index (χ2v) is 6.02. The van der Waals surface area contributed by atoms with E-state index in [1.807, 2.05) is 13.8 Å². The van der Waals surface area contributed by atoms with Crippen molar-refractivity contribution in [3.8, 4) is 5.75 Å². The largest absolute Gasteiger partial charge is 0.493 e. The molecule has 1 saturated heterocycles. The summed E-state index contributed by atoms with van der Waals surface area (Å²) in [4.78, 5) is 0. The summed E-state index contributed by atoms with van der Waals surface area (Å²) in [5.74, 6) is 0.781. The summed E-state index contributed by atoms with van der Waals surface area (Å²) in [5, 5.41) is 3.23. The van der Waals surface area contributed by atoms with Crippen LogP contribution >= 0.6 is 0 Å². The molecule has 1 aromatic carbocycles. The van der Waals surface area contributed by atoms with Gasteiger partial charge in [-0.1, -0.05) is 13.8 Å². The van der Waals surface area contributed by atoms with Crippen molar-refractivity contribution in [2.45, 2.75) is 38.8 Å². The van der Waals surface area contributed by atoms with E-state index >= 15 is 0 Å². The lowest BCUT2D eigenvalue weighted by molar-refractivity contribution is -0.137. The normalized spacial score (nSPS) is 17.2. The molecule has 0 unspecified atom stereocenters. The van der Waals surface area contributed by atoms with Gasteiger partial charge in [0.15, 0.2) is 0 Å². The molecule has 5 heteroatoms. The minimum Gasteiger partial charge on any atom is -0.493 e. The molecule has 0 aliphatic carbocycles. The predicted octanol–water partition coefficient (Wildman–Crippen LogP) is 4.21. The molecule has 0 radical (unpaired) electrons. The molecule has 1 aliphatic heterocycles. The lowest BCUT2D eigenvalue weighted by Crippen LogP contribution is -2.26. The third-order valence-corrected chi connectivity index (χ3v) is 3.65. The highest BCUT2D eigenvalue weighted by molar-refractivity contribution is 5.38. The second kappa shape index (κ2) is 6.69. The number of nitrogens with one attached hydrogen (secondary N) is 1. The van der Waals surface area contributed by atoms with Crippen LogP contribution in [0.2, 0.25) is 0 Å². The van der Waals surface area contributed by atoms with E-state index < -0.39 is 11.7 Å².